The number of hydrogen-bond acceptors (Lipinski definition) is 4. The minimum Gasteiger partial charge on any atom is -0.477 e. The second kappa shape index (κ2) is 10.3. The smallest absolute Gasteiger partial charge is 0.345 e. The van der Waals surface area contributed by atoms with Crippen molar-refractivity contribution in [3.63, 3.8) is 0 Å². The fourth-order valence-corrected chi connectivity index (χ4v) is 3.80. The molecular weight excluding hydrogens is 374 g/mol. The van der Waals surface area contributed by atoms with Crippen molar-refractivity contribution < 1.29 is 19.8 Å². The number of nitrogens with zero attached hydrogens (tertiary/aromatic N) is 1. The van der Waals surface area contributed by atoms with Gasteiger partial charge in [0, 0.05) is 23.0 Å². The van der Waals surface area contributed by atoms with E-state index in [4.69, 9.17) is 21.8 Å². The lowest BCUT2D eigenvalue weighted by atomic mass is 10.1. The average Bonchev–Trinajstić information content (AvgIpc) is 3.09. The zero-order valence-electron chi connectivity index (χ0n) is 14.4. The number of carboxylic acid groups (broad SMARTS) is 1. The first-order valence-corrected chi connectivity index (χ1v) is 9.64. The first-order chi connectivity index (χ1) is 12.5. The van der Waals surface area contributed by atoms with Crippen LogP contribution < -0.4 is 0 Å². The highest BCUT2D eigenvalue weighted by Crippen LogP contribution is 2.18. The zero-order chi connectivity index (χ0) is 18.9. The molecule has 140 valence electrons. The largest absolute Gasteiger partial charge is 0.477 e. The number of halogens is 1. The van der Waals surface area contributed by atoms with E-state index in [-0.39, 0.29) is 5.91 Å². The van der Waals surface area contributed by atoms with Crippen LogP contribution in [0, 0.1) is 0 Å². The molecule has 0 atom stereocenters. The van der Waals surface area contributed by atoms with Crippen LogP contribution in [0.3, 0.4) is 0 Å². The van der Waals surface area contributed by atoms with Crippen molar-refractivity contribution >= 4 is 34.8 Å². The Morgan fingerprint density at radius 1 is 1.08 bits per heavy atom. The van der Waals surface area contributed by atoms with Crippen LogP contribution in [0.2, 0.25) is 5.02 Å². The number of hydrogen-bond donors (Lipinski definition) is 2. The number of aliphatic hydroxyl groups excluding tert-OH is 1. The topological polar surface area (TPSA) is 77.8 Å². The number of aromatic carboxylic acids is 1. The SMILES string of the molecule is O=C(O)c1ccc(CCCN(CCCc2cccc(Cl)c2)C(=O)CO)s1. The molecule has 2 aromatic rings. The molecule has 1 aromatic carbocycles. The summed E-state index contributed by atoms with van der Waals surface area (Å²) in [7, 11) is 0. The summed E-state index contributed by atoms with van der Waals surface area (Å²) in [6, 6.07) is 11.1. The Hall–Kier alpha value is -1.89. The molecule has 0 aliphatic rings. The van der Waals surface area contributed by atoms with Gasteiger partial charge in [0.2, 0.25) is 5.91 Å². The Morgan fingerprint density at radius 3 is 2.42 bits per heavy atom. The summed E-state index contributed by atoms with van der Waals surface area (Å²) in [5.41, 5.74) is 1.12. The van der Waals surface area contributed by atoms with Crippen LogP contribution in [-0.2, 0) is 17.6 Å². The maximum absolute atomic E-state index is 11.9. The second-order valence-electron chi connectivity index (χ2n) is 5.95. The van der Waals surface area contributed by atoms with Gasteiger partial charge >= 0.3 is 5.97 Å². The van der Waals surface area contributed by atoms with E-state index in [1.54, 1.807) is 11.0 Å². The van der Waals surface area contributed by atoms with Gasteiger partial charge in [0.1, 0.15) is 11.5 Å². The van der Waals surface area contributed by atoms with Crippen LogP contribution in [0.4, 0.5) is 0 Å². The molecule has 0 saturated heterocycles. The molecule has 2 rings (SSSR count). The van der Waals surface area contributed by atoms with Crippen molar-refractivity contribution in [3.05, 3.63) is 56.7 Å². The monoisotopic (exact) mass is 395 g/mol. The Bertz CT molecular complexity index is 747. The number of rotatable bonds is 10. The Balaban J connectivity index is 1.80. The van der Waals surface area contributed by atoms with Crippen molar-refractivity contribution in [1.29, 1.82) is 0 Å². The summed E-state index contributed by atoms with van der Waals surface area (Å²) in [6.07, 6.45) is 3.03. The van der Waals surface area contributed by atoms with Gasteiger partial charge in [-0.2, -0.15) is 0 Å². The molecule has 5 nitrogen and oxygen atoms in total. The maximum atomic E-state index is 11.9. The lowest BCUT2D eigenvalue weighted by Crippen LogP contribution is -2.35. The number of aliphatic hydroxyl groups is 1. The fourth-order valence-electron chi connectivity index (χ4n) is 2.70. The van der Waals surface area contributed by atoms with Crippen LogP contribution in [0.25, 0.3) is 0 Å². The second-order valence-corrected chi connectivity index (χ2v) is 7.55. The molecule has 0 unspecified atom stereocenters. The maximum Gasteiger partial charge on any atom is 0.345 e. The zero-order valence-corrected chi connectivity index (χ0v) is 15.9. The molecule has 1 heterocycles. The third kappa shape index (κ3) is 6.44. The lowest BCUT2D eigenvalue weighted by molar-refractivity contribution is -0.134. The number of carboxylic acids is 1. The summed E-state index contributed by atoms with van der Waals surface area (Å²) in [4.78, 5) is 25.8. The van der Waals surface area contributed by atoms with E-state index in [2.05, 4.69) is 0 Å². The van der Waals surface area contributed by atoms with Gasteiger partial charge in [-0.05, 0) is 55.5 Å². The summed E-state index contributed by atoms with van der Waals surface area (Å²) < 4.78 is 0. The molecule has 26 heavy (non-hydrogen) atoms. The highest BCUT2D eigenvalue weighted by molar-refractivity contribution is 7.13. The highest BCUT2D eigenvalue weighted by Gasteiger charge is 2.13. The number of aryl methyl sites for hydroxylation is 2. The molecule has 1 amide bonds. The molecule has 0 aliphatic heterocycles. The van der Waals surface area contributed by atoms with Gasteiger partial charge in [-0.25, -0.2) is 4.79 Å². The van der Waals surface area contributed by atoms with Crippen LogP contribution in [0.5, 0.6) is 0 Å². The number of carbonyl (C=O) groups is 2. The molecule has 0 spiro atoms. The molecular formula is C19H22ClNO4S. The Labute approximate surface area is 161 Å². The Morgan fingerprint density at radius 2 is 1.81 bits per heavy atom. The van der Waals surface area contributed by atoms with Gasteiger partial charge in [0.25, 0.3) is 0 Å². The summed E-state index contributed by atoms with van der Waals surface area (Å²) in [5, 5.41) is 18.8. The molecule has 0 radical (unpaired) electrons. The van der Waals surface area contributed by atoms with Gasteiger partial charge < -0.3 is 15.1 Å². The van der Waals surface area contributed by atoms with E-state index in [1.165, 1.54) is 11.3 Å². The van der Waals surface area contributed by atoms with E-state index in [1.807, 2.05) is 30.3 Å². The van der Waals surface area contributed by atoms with E-state index >= 15 is 0 Å². The first-order valence-electron chi connectivity index (χ1n) is 8.44. The number of carbonyl (C=O) groups excluding carboxylic acids is 1. The van der Waals surface area contributed by atoms with Gasteiger partial charge in [-0.3, -0.25) is 4.79 Å². The quantitative estimate of drug-likeness (QED) is 0.645. The number of benzene rings is 1. The van der Waals surface area contributed by atoms with E-state index < -0.39 is 12.6 Å². The first kappa shape index (κ1) is 20.4. The standard InChI is InChI=1S/C19H22ClNO4S/c20-15-6-1-4-14(12-15)5-2-10-21(18(23)13-22)11-3-7-16-8-9-17(26-16)19(24)25/h1,4,6,8-9,12,22H,2-3,5,7,10-11,13H2,(H,24,25). The molecule has 1 aromatic heterocycles. The van der Waals surface area contributed by atoms with Crippen LogP contribution in [0.15, 0.2) is 36.4 Å². The number of thiophene rings is 1. The minimum absolute atomic E-state index is 0.284. The van der Waals surface area contributed by atoms with Crippen molar-refractivity contribution in [3.8, 4) is 0 Å². The Kier molecular flexibility index (Phi) is 8.09. The van der Waals surface area contributed by atoms with Gasteiger partial charge in [-0.15, -0.1) is 11.3 Å². The summed E-state index contributed by atoms with van der Waals surface area (Å²) >= 11 is 7.23. The van der Waals surface area contributed by atoms with E-state index in [0.29, 0.717) is 29.4 Å². The minimum atomic E-state index is -0.917. The predicted octanol–water partition coefficient (Wildman–Crippen LogP) is 3.49. The molecule has 7 heteroatoms. The fraction of sp³-hybridized carbons (Fsp3) is 0.368. The highest BCUT2D eigenvalue weighted by atomic mass is 35.5. The van der Waals surface area contributed by atoms with Gasteiger partial charge in [0.15, 0.2) is 0 Å². The molecule has 0 aliphatic carbocycles. The van der Waals surface area contributed by atoms with E-state index in [9.17, 15) is 9.59 Å². The third-order valence-corrected chi connectivity index (χ3v) is 5.36. The third-order valence-electron chi connectivity index (χ3n) is 3.99. The predicted molar refractivity (Wildman–Crippen MR) is 103 cm³/mol. The van der Waals surface area contributed by atoms with Crippen molar-refractivity contribution in [2.24, 2.45) is 0 Å². The molecule has 0 fully saturated rings. The van der Waals surface area contributed by atoms with Crippen molar-refractivity contribution in [1.82, 2.24) is 4.90 Å². The molecule has 0 saturated carbocycles. The summed E-state index contributed by atoms with van der Waals surface area (Å²) in [5.74, 6) is -1.20. The van der Waals surface area contributed by atoms with Crippen LogP contribution in [-0.4, -0.2) is 46.7 Å². The van der Waals surface area contributed by atoms with Gasteiger partial charge in [-0.1, -0.05) is 23.7 Å². The molecule has 2 N–H and O–H groups in total. The van der Waals surface area contributed by atoms with Crippen LogP contribution >= 0.6 is 22.9 Å². The summed E-state index contributed by atoms with van der Waals surface area (Å²) in [6.45, 7) is 0.602. The van der Waals surface area contributed by atoms with Crippen molar-refractivity contribution in [2.45, 2.75) is 25.7 Å². The normalized spacial score (nSPS) is 10.7. The average molecular weight is 396 g/mol. The number of amides is 1. The lowest BCUT2D eigenvalue weighted by Gasteiger charge is -2.21. The van der Waals surface area contributed by atoms with E-state index in [0.717, 1.165) is 29.7 Å². The van der Waals surface area contributed by atoms with Crippen LogP contribution in [0.1, 0.15) is 33.0 Å². The molecule has 0 bridgehead atoms. The van der Waals surface area contributed by atoms with Gasteiger partial charge in [0.05, 0.1) is 0 Å². The van der Waals surface area contributed by atoms with Crippen molar-refractivity contribution in [2.75, 3.05) is 19.7 Å².